The lowest BCUT2D eigenvalue weighted by molar-refractivity contribution is 0.0953. The Hall–Kier alpha value is -3.48. The maximum Gasteiger partial charge on any atom is 0.253 e. The zero-order valence-electron chi connectivity index (χ0n) is 18.3. The zero-order valence-corrected chi connectivity index (χ0v) is 18.3. The van der Waals surface area contributed by atoms with Crippen LogP contribution in [0.5, 0.6) is 5.75 Å². The van der Waals surface area contributed by atoms with Crippen LogP contribution in [0.25, 0.3) is 22.1 Å². The maximum atomic E-state index is 13.0. The molecule has 1 aliphatic heterocycles. The summed E-state index contributed by atoms with van der Waals surface area (Å²) in [6.07, 6.45) is 6.87. The largest absolute Gasteiger partial charge is 0.491 e. The van der Waals surface area contributed by atoms with Gasteiger partial charge < -0.3 is 14.6 Å². The SMILES string of the molecule is Cc1cc(C(=O)NCCCOc2cccc3cccnc23)c2nc3n(c2n1)CCCCC3. The molecule has 0 spiro atoms. The van der Waals surface area contributed by atoms with Gasteiger partial charge in [-0.05, 0) is 44.4 Å². The summed E-state index contributed by atoms with van der Waals surface area (Å²) < 4.78 is 8.12. The second-order valence-electron chi connectivity index (χ2n) is 8.26. The highest BCUT2D eigenvalue weighted by Gasteiger charge is 2.20. The molecule has 3 aromatic heterocycles. The van der Waals surface area contributed by atoms with Crippen LogP contribution in [0.1, 0.15) is 47.6 Å². The van der Waals surface area contributed by atoms with Crippen molar-refractivity contribution in [2.75, 3.05) is 13.2 Å². The van der Waals surface area contributed by atoms with Crippen molar-refractivity contribution >= 4 is 28.0 Å². The monoisotopic (exact) mass is 429 g/mol. The Bertz CT molecular complexity index is 1280. The lowest BCUT2D eigenvalue weighted by Gasteiger charge is -2.10. The van der Waals surface area contributed by atoms with E-state index in [0.29, 0.717) is 30.7 Å². The Kier molecular flexibility index (Phi) is 5.71. The quantitative estimate of drug-likeness (QED) is 0.464. The van der Waals surface area contributed by atoms with Crippen molar-refractivity contribution < 1.29 is 9.53 Å². The van der Waals surface area contributed by atoms with Crippen LogP contribution in [-0.2, 0) is 13.0 Å². The van der Waals surface area contributed by atoms with Crippen molar-refractivity contribution in [2.24, 2.45) is 0 Å². The predicted molar refractivity (Wildman–Crippen MR) is 124 cm³/mol. The molecule has 7 nitrogen and oxygen atoms in total. The van der Waals surface area contributed by atoms with E-state index >= 15 is 0 Å². The first kappa shape index (κ1) is 20.4. The minimum atomic E-state index is -0.111. The molecule has 4 heterocycles. The zero-order chi connectivity index (χ0) is 21.9. The second kappa shape index (κ2) is 8.94. The van der Waals surface area contributed by atoms with Gasteiger partial charge in [0.1, 0.15) is 22.6 Å². The van der Waals surface area contributed by atoms with Gasteiger partial charge in [0.15, 0.2) is 5.65 Å². The Labute approximate surface area is 186 Å². The number of ether oxygens (including phenoxy) is 1. The fourth-order valence-corrected chi connectivity index (χ4v) is 4.33. The normalized spacial score (nSPS) is 13.7. The number of aromatic nitrogens is 4. The van der Waals surface area contributed by atoms with Crippen LogP contribution >= 0.6 is 0 Å². The van der Waals surface area contributed by atoms with Gasteiger partial charge in [0.05, 0.1) is 12.2 Å². The third-order valence-corrected chi connectivity index (χ3v) is 5.90. The van der Waals surface area contributed by atoms with E-state index in [-0.39, 0.29) is 5.91 Å². The highest BCUT2D eigenvalue weighted by atomic mass is 16.5. The number of amides is 1. The molecule has 0 saturated heterocycles. The van der Waals surface area contributed by atoms with E-state index in [0.717, 1.165) is 59.6 Å². The molecule has 1 aromatic carbocycles. The Balaban J connectivity index is 1.23. The van der Waals surface area contributed by atoms with Gasteiger partial charge in [-0.1, -0.05) is 24.6 Å². The van der Waals surface area contributed by atoms with Crippen molar-refractivity contribution in [1.29, 1.82) is 0 Å². The first-order valence-corrected chi connectivity index (χ1v) is 11.3. The number of imidazole rings is 1. The summed E-state index contributed by atoms with van der Waals surface area (Å²) in [6.45, 7) is 3.87. The Morgan fingerprint density at radius 3 is 2.97 bits per heavy atom. The first-order chi connectivity index (χ1) is 15.7. The van der Waals surface area contributed by atoms with Crippen LogP contribution < -0.4 is 10.1 Å². The van der Waals surface area contributed by atoms with Gasteiger partial charge >= 0.3 is 0 Å². The van der Waals surface area contributed by atoms with Crippen LogP contribution in [-0.4, -0.2) is 38.6 Å². The number of carbonyl (C=O) groups is 1. The molecule has 1 aliphatic rings. The van der Waals surface area contributed by atoms with Gasteiger partial charge in [-0.3, -0.25) is 9.78 Å². The molecule has 0 saturated carbocycles. The lowest BCUT2D eigenvalue weighted by atomic mass is 10.2. The number of benzene rings is 1. The van der Waals surface area contributed by atoms with Crippen LogP contribution in [0.2, 0.25) is 0 Å². The molecule has 0 unspecified atom stereocenters. The number of pyridine rings is 2. The molecule has 32 heavy (non-hydrogen) atoms. The topological polar surface area (TPSA) is 81.9 Å². The molecule has 0 fully saturated rings. The number of nitrogens with one attached hydrogen (secondary N) is 1. The highest BCUT2D eigenvalue weighted by Crippen LogP contribution is 2.24. The summed E-state index contributed by atoms with van der Waals surface area (Å²) in [5, 5.41) is 4.07. The number of hydrogen-bond acceptors (Lipinski definition) is 5. The molecular weight excluding hydrogens is 402 g/mol. The van der Waals surface area contributed by atoms with Crippen molar-refractivity contribution in [2.45, 2.75) is 45.6 Å². The average Bonchev–Trinajstić information content (AvgIpc) is 2.99. The van der Waals surface area contributed by atoms with Crippen LogP contribution in [0.4, 0.5) is 0 Å². The third kappa shape index (κ3) is 4.02. The predicted octanol–water partition coefficient (Wildman–Crippen LogP) is 4.21. The van der Waals surface area contributed by atoms with Crippen LogP contribution in [0.3, 0.4) is 0 Å². The smallest absolute Gasteiger partial charge is 0.253 e. The molecule has 0 aliphatic carbocycles. The molecule has 1 N–H and O–H groups in total. The summed E-state index contributed by atoms with van der Waals surface area (Å²) >= 11 is 0. The molecular formula is C25H27N5O2. The summed E-state index contributed by atoms with van der Waals surface area (Å²) in [5.74, 6) is 1.70. The molecule has 0 bridgehead atoms. The van der Waals surface area contributed by atoms with E-state index in [1.54, 1.807) is 6.20 Å². The number of fused-ring (bicyclic) bond motifs is 4. The minimum absolute atomic E-state index is 0.111. The van der Waals surface area contributed by atoms with E-state index in [1.807, 2.05) is 43.3 Å². The second-order valence-corrected chi connectivity index (χ2v) is 8.26. The van der Waals surface area contributed by atoms with Crippen LogP contribution in [0.15, 0.2) is 42.6 Å². The average molecular weight is 430 g/mol. The number of rotatable bonds is 6. The summed E-state index contributed by atoms with van der Waals surface area (Å²) in [7, 11) is 0. The standard InChI is InChI=1S/C25H27N5O2/c1-17-16-19(23-24(28-17)30-14-4-2-3-11-21(30)29-23)25(31)27-13-7-15-32-20-10-5-8-18-9-6-12-26-22(18)20/h5-6,8-10,12,16H,2-4,7,11,13-15H2,1H3,(H,27,31). The summed E-state index contributed by atoms with van der Waals surface area (Å²) in [6, 6.07) is 11.7. The summed E-state index contributed by atoms with van der Waals surface area (Å²) in [5.41, 5.74) is 3.84. The third-order valence-electron chi connectivity index (χ3n) is 5.90. The molecule has 7 heteroatoms. The number of hydrogen-bond donors (Lipinski definition) is 1. The van der Waals surface area contributed by atoms with Gasteiger partial charge in [-0.2, -0.15) is 0 Å². The maximum absolute atomic E-state index is 13.0. The summed E-state index contributed by atoms with van der Waals surface area (Å²) in [4.78, 5) is 26.9. The minimum Gasteiger partial charge on any atom is -0.491 e. The number of nitrogens with zero attached hydrogens (tertiary/aromatic N) is 4. The van der Waals surface area contributed by atoms with Crippen LogP contribution in [0, 0.1) is 6.92 Å². The fraction of sp³-hybridized carbons (Fsp3) is 0.360. The van der Waals surface area contributed by atoms with Gasteiger partial charge in [-0.25, -0.2) is 9.97 Å². The highest BCUT2D eigenvalue weighted by molar-refractivity contribution is 6.04. The van der Waals surface area contributed by atoms with Crippen molar-refractivity contribution in [3.05, 3.63) is 59.7 Å². The van der Waals surface area contributed by atoms with E-state index in [1.165, 1.54) is 6.42 Å². The molecule has 4 aromatic rings. The van der Waals surface area contributed by atoms with Gasteiger partial charge in [-0.15, -0.1) is 0 Å². The van der Waals surface area contributed by atoms with Gasteiger partial charge in [0.2, 0.25) is 0 Å². The Morgan fingerprint density at radius 1 is 1.12 bits per heavy atom. The molecule has 1 amide bonds. The first-order valence-electron chi connectivity index (χ1n) is 11.3. The van der Waals surface area contributed by atoms with Gasteiger partial charge in [0, 0.05) is 36.8 Å². The van der Waals surface area contributed by atoms with E-state index in [9.17, 15) is 4.79 Å². The number of aryl methyl sites for hydroxylation is 3. The number of para-hydroxylation sites is 1. The van der Waals surface area contributed by atoms with E-state index in [2.05, 4.69) is 14.9 Å². The van der Waals surface area contributed by atoms with E-state index < -0.39 is 0 Å². The van der Waals surface area contributed by atoms with Crippen molar-refractivity contribution in [3.8, 4) is 5.75 Å². The fourth-order valence-electron chi connectivity index (χ4n) is 4.33. The van der Waals surface area contributed by atoms with E-state index in [4.69, 9.17) is 14.7 Å². The molecule has 0 radical (unpaired) electrons. The van der Waals surface area contributed by atoms with Crippen molar-refractivity contribution in [1.82, 2.24) is 24.8 Å². The van der Waals surface area contributed by atoms with Gasteiger partial charge in [0.25, 0.3) is 5.91 Å². The molecule has 0 atom stereocenters. The van der Waals surface area contributed by atoms with Crippen molar-refractivity contribution in [3.63, 3.8) is 0 Å². The number of carbonyl (C=O) groups excluding carboxylic acids is 1. The lowest BCUT2D eigenvalue weighted by Crippen LogP contribution is -2.26. The molecule has 164 valence electrons. The molecule has 5 rings (SSSR count). The Morgan fingerprint density at radius 2 is 2.03 bits per heavy atom.